The number of carbonyl (C=O) groups excluding carboxylic acids is 1. The fraction of sp³-hybridized carbons (Fsp3) is 0.368. The van der Waals surface area contributed by atoms with Crippen LogP contribution in [0.4, 0.5) is 4.79 Å². The molecular formula is C19H21NO2S. The van der Waals surface area contributed by atoms with Crippen LogP contribution in [-0.2, 0) is 4.74 Å². The third kappa shape index (κ3) is 3.49. The van der Waals surface area contributed by atoms with Crippen molar-refractivity contribution in [3.8, 4) is 0 Å². The minimum absolute atomic E-state index is 0.0551. The van der Waals surface area contributed by atoms with E-state index in [1.165, 1.54) is 16.7 Å². The molecule has 4 heteroatoms. The number of amides is 1. The Bertz CT molecular complexity index is 674. The molecule has 3 atom stereocenters. The quantitative estimate of drug-likeness (QED) is 0.420. The Hall–Kier alpha value is -2.03. The van der Waals surface area contributed by atoms with Crippen LogP contribution in [0.5, 0.6) is 0 Å². The van der Waals surface area contributed by atoms with Crippen LogP contribution in [0.1, 0.15) is 43.2 Å². The van der Waals surface area contributed by atoms with Gasteiger partial charge in [-0.2, -0.15) is 0 Å². The fourth-order valence-electron chi connectivity index (χ4n) is 3.49. The summed E-state index contributed by atoms with van der Waals surface area (Å²) in [5.74, 6) is 0.706. The predicted octanol–water partition coefficient (Wildman–Crippen LogP) is 5.27. The Morgan fingerprint density at radius 1 is 1.48 bits per heavy atom. The third-order valence-electron chi connectivity index (χ3n) is 4.51. The third-order valence-corrected chi connectivity index (χ3v) is 4.61. The molecular weight excluding hydrogens is 306 g/mol. The van der Waals surface area contributed by atoms with Gasteiger partial charge < -0.3 is 4.74 Å². The molecule has 1 aliphatic carbocycles. The van der Waals surface area contributed by atoms with Crippen LogP contribution in [0.25, 0.3) is 0 Å². The number of allylic oxidation sites excluding steroid dienone is 2. The number of ether oxygens (including phenoxy) is 1. The summed E-state index contributed by atoms with van der Waals surface area (Å²) >= 11 is 4.43. The van der Waals surface area contributed by atoms with Gasteiger partial charge >= 0.3 is 6.09 Å². The van der Waals surface area contributed by atoms with Gasteiger partial charge in [-0.25, -0.2) is 4.79 Å². The van der Waals surface area contributed by atoms with Gasteiger partial charge in [0.05, 0.1) is 5.16 Å². The van der Waals surface area contributed by atoms with Gasteiger partial charge in [0.15, 0.2) is 0 Å². The van der Waals surface area contributed by atoms with Crippen LogP contribution in [0.3, 0.4) is 0 Å². The van der Waals surface area contributed by atoms with Crippen LogP contribution < -0.4 is 0 Å². The van der Waals surface area contributed by atoms with Crippen molar-refractivity contribution in [2.45, 2.75) is 32.1 Å². The van der Waals surface area contributed by atoms with Crippen LogP contribution in [-0.4, -0.2) is 17.9 Å². The van der Waals surface area contributed by atoms with Gasteiger partial charge in [-0.15, -0.1) is 11.6 Å². The minimum Gasteiger partial charge on any atom is -0.446 e. The first-order valence-electron chi connectivity index (χ1n) is 7.79. The molecule has 0 spiro atoms. The molecule has 1 amide bonds. The summed E-state index contributed by atoms with van der Waals surface area (Å²) in [6.07, 6.45) is 4.49. The molecule has 120 valence electrons. The summed E-state index contributed by atoms with van der Waals surface area (Å²) in [5, 5.41) is 2.04. The Morgan fingerprint density at radius 3 is 2.74 bits per heavy atom. The summed E-state index contributed by atoms with van der Waals surface area (Å²) in [6, 6.07) is 8.34. The SMILES string of the molecule is C=CC(CC)C1/C(=C\C)C(COC(=O)N=C=S)c2ccccc21. The number of aliphatic imine (C=N–C) groups is 1. The number of fused-ring (bicyclic) bond motifs is 1. The van der Waals surface area contributed by atoms with Gasteiger partial charge in [0, 0.05) is 11.8 Å². The highest BCUT2D eigenvalue weighted by molar-refractivity contribution is 7.78. The van der Waals surface area contributed by atoms with Crippen molar-refractivity contribution in [3.05, 3.63) is 59.7 Å². The van der Waals surface area contributed by atoms with Crippen LogP contribution in [0.2, 0.25) is 0 Å². The second-order valence-electron chi connectivity index (χ2n) is 5.54. The van der Waals surface area contributed by atoms with Gasteiger partial charge in [0.25, 0.3) is 0 Å². The molecule has 3 unspecified atom stereocenters. The maximum atomic E-state index is 11.5. The first-order valence-corrected chi connectivity index (χ1v) is 8.20. The zero-order valence-electron chi connectivity index (χ0n) is 13.5. The molecule has 0 heterocycles. The molecule has 0 aromatic heterocycles. The summed E-state index contributed by atoms with van der Waals surface area (Å²) in [6.45, 7) is 8.46. The lowest BCUT2D eigenvalue weighted by Gasteiger charge is -2.23. The summed E-state index contributed by atoms with van der Waals surface area (Å²) < 4.78 is 5.25. The maximum absolute atomic E-state index is 11.5. The van der Waals surface area contributed by atoms with E-state index in [4.69, 9.17) is 4.74 Å². The van der Waals surface area contributed by atoms with Gasteiger partial charge in [0.1, 0.15) is 6.61 Å². The van der Waals surface area contributed by atoms with Gasteiger partial charge in [0.2, 0.25) is 0 Å². The van der Waals surface area contributed by atoms with E-state index < -0.39 is 6.09 Å². The van der Waals surface area contributed by atoms with Crippen LogP contribution in [0, 0.1) is 5.92 Å². The number of rotatable bonds is 5. The molecule has 0 fully saturated rings. The van der Waals surface area contributed by atoms with E-state index in [1.807, 2.05) is 24.2 Å². The molecule has 1 aromatic rings. The summed E-state index contributed by atoms with van der Waals surface area (Å²) in [7, 11) is 0. The van der Waals surface area contributed by atoms with E-state index in [0.717, 1.165) is 6.42 Å². The van der Waals surface area contributed by atoms with E-state index >= 15 is 0 Å². The zero-order valence-corrected chi connectivity index (χ0v) is 14.3. The Labute approximate surface area is 142 Å². The number of benzene rings is 1. The van der Waals surface area contributed by atoms with E-state index in [0.29, 0.717) is 5.92 Å². The lowest BCUT2D eigenvalue weighted by atomic mass is 9.81. The molecule has 1 aliphatic rings. The van der Waals surface area contributed by atoms with Crippen molar-refractivity contribution in [2.75, 3.05) is 6.61 Å². The largest absolute Gasteiger partial charge is 0.446 e. The highest BCUT2D eigenvalue weighted by atomic mass is 32.1. The van der Waals surface area contributed by atoms with E-state index in [1.54, 1.807) is 0 Å². The summed E-state index contributed by atoms with van der Waals surface area (Å²) in [4.78, 5) is 14.8. The average molecular weight is 327 g/mol. The van der Waals surface area contributed by atoms with Gasteiger partial charge in [-0.1, -0.05) is 48.9 Å². The van der Waals surface area contributed by atoms with Crippen LogP contribution >= 0.6 is 12.2 Å². The molecule has 1 aromatic carbocycles. The lowest BCUT2D eigenvalue weighted by molar-refractivity contribution is 0.153. The van der Waals surface area contributed by atoms with Crippen molar-refractivity contribution in [1.82, 2.24) is 0 Å². The summed E-state index contributed by atoms with van der Waals surface area (Å²) in [5.41, 5.74) is 3.79. The number of nitrogens with zero attached hydrogens (tertiary/aromatic N) is 1. The van der Waals surface area contributed by atoms with E-state index in [9.17, 15) is 4.79 Å². The standard InChI is InChI=1S/C19H21NO2S/c1-4-13(5-2)18-14(6-3)17(11-22-19(21)20-12-23)15-9-7-8-10-16(15)18/h4,6-10,13,17-18H,1,5,11H2,2-3H3/b14-6-. The zero-order chi connectivity index (χ0) is 16.8. The maximum Gasteiger partial charge on any atom is 0.442 e. The van der Waals surface area contributed by atoms with Gasteiger partial charge in [-0.05, 0) is 42.6 Å². The molecule has 0 saturated carbocycles. The molecule has 2 rings (SSSR count). The van der Waals surface area contributed by atoms with Crippen molar-refractivity contribution < 1.29 is 9.53 Å². The van der Waals surface area contributed by atoms with Gasteiger partial charge in [-0.3, -0.25) is 0 Å². The molecule has 0 saturated heterocycles. The fourth-order valence-corrected chi connectivity index (χ4v) is 3.57. The lowest BCUT2D eigenvalue weighted by Crippen LogP contribution is -2.13. The van der Waals surface area contributed by atoms with Crippen molar-refractivity contribution in [2.24, 2.45) is 10.9 Å². The molecule has 0 bridgehead atoms. The average Bonchev–Trinajstić information content (AvgIpc) is 2.88. The van der Waals surface area contributed by atoms with Crippen molar-refractivity contribution in [1.29, 1.82) is 0 Å². The Morgan fingerprint density at radius 2 is 2.17 bits per heavy atom. The number of thiocarbonyl (C=S) groups is 1. The topological polar surface area (TPSA) is 38.7 Å². The Balaban J connectivity index is 2.37. The number of carbonyl (C=O) groups is 1. The smallest absolute Gasteiger partial charge is 0.442 e. The number of hydrogen-bond acceptors (Lipinski definition) is 3. The van der Waals surface area contributed by atoms with Crippen LogP contribution in [0.15, 0.2) is 53.6 Å². The van der Waals surface area contributed by atoms with E-state index in [2.05, 4.69) is 55.0 Å². The molecule has 23 heavy (non-hydrogen) atoms. The number of hydrogen-bond donors (Lipinski definition) is 0. The second-order valence-corrected chi connectivity index (χ2v) is 5.72. The number of isothiocyanates is 1. The molecule has 0 N–H and O–H groups in total. The predicted molar refractivity (Wildman–Crippen MR) is 96.0 cm³/mol. The first kappa shape index (κ1) is 17.3. The first-order chi connectivity index (χ1) is 11.2. The molecule has 0 radical (unpaired) electrons. The second kappa shape index (κ2) is 8.00. The monoisotopic (exact) mass is 327 g/mol. The Kier molecular flexibility index (Phi) is 6.03. The normalized spacial score (nSPS) is 22.1. The highest BCUT2D eigenvalue weighted by Gasteiger charge is 2.38. The molecule has 0 aliphatic heterocycles. The van der Waals surface area contributed by atoms with Crippen molar-refractivity contribution >= 4 is 23.5 Å². The highest BCUT2D eigenvalue weighted by Crippen LogP contribution is 2.50. The minimum atomic E-state index is -0.688. The van der Waals surface area contributed by atoms with Crippen molar-refractivity contribution in [3.63, 3.8) is 0 Å². The van der Waals surface area contributed by atoms with E-state index in [-0.39, 0.29) is 18.4 Å². The molecule has 3 nitrogen and oxygen atoms in total.